The lowest BCUT2D eigenvalue weighted by Gasteiger charge is -2.33. The molecule has 0 N–H and O–H groups in total. The van der Waals surface area contributed by atoms with E-state index in [9.17, 15) is 18.0 Å². The summed E-state index contributed by atoms with van der Waals surface area (Å²) >= 11 is 12.4. The molecule has 0 radical (unpaired) electrons. The molecule has 5 rings (SSSR count). The normalized spacial score (nSPS) is 16.8. The Hall–Kier alpha value is -3.95. The number of alkyl halides is 3. The monoisotopic (exact) mass is 615 g/mol. The number of rotatable bonds is 7. The Balaban J connectivity index is 1.70. The van der Waals surface area contributed by atoms with Crippen LogP contribution in [0.1, 0.15) is 47.0 Å². The minimum Gasteiger partial charge on any atom is -0.493 e. The summed E-state index contributed by atoms with van der Waals surface area (Å²) in [5.74, 6) is 0.693. The van der Waals surface area contributed by atoms with Gasteiger partial charge in [0.2, 0.25) is 0 Å². The van der Waals surface area contributed by atoms with Crippen LogP contribution in [0.2, 0.25) is 10.0 Å². The summed E-state index contributed by atoms with van der Waals surface area (Å²) in [4.78, 5) is 22.2. The summed E-state index contributed by atoms with van der Waals surface area (Å²) in [6.07, 6.45) is -3.07. The summed E-state index contributed by atoms with van der Waals surface area (Å²) in [6, 6.07) is 19.0. The third-order valence-corrected chi connectivity index (χ3v) is 7.35. The zero-order valence-electron chi connectivity index (χ0n) is 22.6. The summed E-state index contributed by atoms with van der Waals surface area (Å²) in [6.45, 7) is 1.93. The predicted octanol–water partition coefficient (Wildman–Crippen LogP) is 8.80. The Kier molecular flexibility index (Phi) is 8.52. The highest BCUT2D eigenvalue weighted by molar-refractivity contribution is 6.30. The number of amides is 2. The fraction of sp³-hybridized carbons (Fsp3) is 0.226. The second-order valence-electron chi connectivity index (χ2n) is 9.68. The number of amidine groups is 1. The predicted molar refractivity (Wildman–Crippen MR) is 155 cm³/mol. The molecular formula is C31H26Cl2F3N3O3. The lowest BCUT2D eigenvalue weighted by atomic mass is 9.93. The van der Waals surface area contributed by atoms with Crippen LogP contribution in [0.5, 0.6) is 5.75 Å². The third kappa shape index (κ3) is 6.12. The van der Waals surface area contributed by atoms with Crippen molar-refractivity contribution in [2.75, 3.05) is 13.7 Å². The van der Waals surface area contributed by atoms with Crippen LogP contribution in [0, 0.1) is 0 Å². The molecule has 0 aliphatic carbocycles. The van der Waals surface area contributed by atoms with Crippen molar-refractivity contribution in [2.24, 2.45) is 4.99 Å². The molecule has 218 valence electrons. The van der Waals surface area contributed by atoms with E-state index in [0.717, 1.165) is 23.3 Å². The molecule has 0 saturated carbocycles. The number of carbonyl (C=O) groups excluding carboxylic acids is 1. The van der Waals surface area contributed by atoms with Gasteiger partial charge in [0.1, 0.15) is 23.4 Å². The van der Waals surface area contributed by atoms with Crippen molar-refractivity contribution < 1.29 is 27.1 Å². The third-order valence-electron chi connectivity index (χ3n) is 6.85. The molecule has 4 aromatic rings. The first-order chi connectivity index (χ1) is 20.1. The zero-order chi connectivity index (χ0) is 30.0. The van der Waals surface area contributed by atoms with Crippen LogP contribution in [0.4, 0.5) is 18.0 Å². The van der Waals surface area contributed by atoms with Crippen LogP contribution in [0.25, 0.3) is 0 Å². The topological polar surface area (TPSA) is 58.3 Å². The summed E-state index contributed by atoms with van der Waals surface area (Å²) < 4.78 is 52.1. The summed E-state index contributed by atoms with van der Waals surface area (Å²) in [5.41, 5.74) is 0.859. The minimum atomic E-state index is -4.59. The van der Waals surface area contributed by atoms with Crippen molar-refractivity contribution in [3.8, 4) is 5.75 Å². The molecule has 2 heterocycles. The Bertz CT molecular complexity index is 1570. The van der Waals surface area contributed by atoms with Crippen molar-refractivity contribution in [1.82, 2.24) is 9.80 Å². The average molecular weight is 616 g/mol. The molecule has 1 aliphatic rings. The molecule has 3 aromatic carbocycles. The van der Waals surface area contributed by atoms with E-state index in [1.54, 1.807) is 62.5 Å². The molecule has 0 spiro atoms. The first-order valence-electron chi connectivity index (χ1n) is 13.1. The van der Waals surface area contributed by atoms with Gasteiger partial charge in [0.05, 0.1) is 36.6 Å². The maximum atomic E-state index is 14.3. The van der Waals surface area contributed by atoms with E-state index in [0.29, 0.717) is 15.8 Å². The van der Waals surface area contributed by atoms with E-state index >= 15 is 0 Å². The summed E-state index contributed by atoms with van der Waals surface area (Å²) in [7, 11) is 1.62. The molecule has 2 amide bonds. The van der Waals surface area contributed by atoms with Gasteiger partial charge >= 0.3 is 12.2 Å². The number of aliphatic imine (C=N–C) groups is 1. The molecule has 6 nitrogen and oxygen atoms in total. The first-order valence-corrected chi connectivity index (χ1v) is 13.8. The second-order valence-corrected chi connectivity index (χ2v) is 10.5. The number of urea groups is 1. The van der Waals surface area contributed by atoms with E-state index in [1.165, 1.54) is 22.1 Å². The molecule has 11 heteroatoms. The van der Waals surface area contributed by atoms with Crippen LogP contribution >= 0.6 is 23.2 Å². The van der Waals surface area contributed by atoms with Crippen molar-refractivity contribution in [1.29, 1.82) is 0 Å². The average Bonchev–Trinajstić information content (AvgIpc) is 3.61. The molecule has 1 aliphatic heterocycles. The highest BCUT2D eigenvalue weighted by Gasteiger charge is 2.44. The molecule has 0 saturated heterocycles. The van der Waals surface area contributed by atoms with Gasteiger partial charge in [0, 0.05) is 17.1 Å². The van der Waals surface area contributed by atoms with Crippen LogP contribution < -0.4 is 4.74 Å². The van der Waals surface area contributed by atoms with Gasteiger partial charge in [-0.05, 0) is 72.6 Å². The highest BCUT2D eigenvalue weighted by atomic mass is 35.5. The lowest BCUT2D eigenvalue weighted by Crippen LogP contribution is -2.45. The Morgan fingerprint density at radius 1 is 1.00 bits per heavy atom. The van der Waals surface area contributed by atoms with E-state index in [-0.39, 0.29) is 30.3 Å². The van der Waals surface area contributed by atoms with Gasteiger partial charge in [-0.25, -0.2) is 4.79 Å². The Morgan fingerprint density at radius 3 is 2.21 bits per heavy atom. The fourth-order valence-electron chi connectivity index (χ4n) is 4.90. The van der Waals surface area contributed by atoms with Gasteiger partial charge < -0.3 is 14.1 Å². The van der Waals surface area contributed by atoms with Gasteiger partial charge in [-0.15, -0.1) is 0 Å². The quantitative estimate of drug-likeness (QED) is 0.209. The van der Waals surface area contributed by atoms with Crippen LogP contribution in [0.15, 0.2) is 94.5 Å². The van der Waals surface area contributed by atoms with E-state index in [2.05, 4.69) is 0 Å². The second kappa shape index (κ2) is 12.1. The number of nitrogens with zero attached hydrogens (tertiary/aromatic N) is 3. The molecule has 2 unspecified atom stereocenters. The van der Waals surface area contributed by atoms with Crippen LogP contribution in [-0.4, -0.2) is 35.3 Å². The number of benzene rings is 3. The molecule has 0 fully saturated rings. The largest absolute Gasteiger partial charge is 0.493 e. The van der Waals surface area contributed by atoms with E-state index in [1.807, 2.05) is 12.1 Å². The number of carbonyl (C=O) groups is 1. The maximum Gasteiger partial charge on any atom is 0.416 e. The number of hydrogen-bond acceptors (Lipinski definition) is 4. The number of ether oxygens (including phenoxy) is 1. The van der Waals surface area contributed by atoms with Gasteiger partial charge in [0.15, 0.2) is 0 Å². The van der Waals surface area contributed by atoms with Crippen molar-refractivity contribution >= 4 is 35.1 Å². The molecule has 42 heavy (non-hydrogen) atoms. The maximum absolute atomic E-state index is 14.3. The first kappa shape index (κ1) is 29.5. The van der Waals surface area contributed by atoms with Gasteiger partial charge in [-0.3, -0.25) is 9.89 Å². The van der Waals surface area contributed by atoms with Gasteiger partial charge in [-0.2, -0.15) is 13.2 Å². The smallest absolute Gasteiger partial charge is 0.416 e. The molecule has 0 bridgehead atoms. The molecule has 2 atom stereocenters. The lowest BCUT2D eigenvalue weighted by molar-refractivity contribution is -0.137. The SMILES string of the molecule is CCOc1cc(C(F)(F)F)ccc1C1=NC(c2ccc(Cl)cc2)C(c2ccc(Cl)cc2)N1C(=O)N(C)Cc1ccco1. The minimum absolute atomic E-state index is 0.0378. The zero-order valence-corrected chi connectivity index (χ0v) is 24.1. The molecule has 1 aromatic heterocycles. The van der Waals surface area contributed by atoms with Crippen molar-refractivity contribution in [2.45, 2.75) is 31.7 Å². The van der Waals surface area contributed by atoms with Crippen molar-refractivity contribution in [3.63, 3.8) is 0 Å². The van der Waals surface area contributed by atoms with E-state index in [4.69, 9.17) is 37.3 Å². The van der Waals surface area contributed by atoms with Crippen LogP contribution in [0.3, 0.4) is 0 Å². The van der Waals surface area contributed by atoms with Gasteiger partial charge in [0.25, 0.3) is 0 Å². The summed E-state index contributed by atoms with van der Waals surface area (Å²) in [5, 5.41) is 1.03. The Labute approximate surface area is 250 Å². The van der Waals surface area contributed by atoms with Crippen LogP contribution in [-0.2, 0) is 12.7 Å². The number of furan rings is 1. The fourth-order valence-corrected chi connectivity index (χ4v) is 5.15. The Morgan fingerprint density at radius 2 is 1.64 bits per heavy atom. The standard InChI is InChI=1S/C31H26Cl2F3N3O3/c1-3-41-26-17-21(31(34,35)36)10-15-25(26)29-37-27(19-6-11-22(32)12-7-19)28(20-8-13-23(33)14-9-20)39(29)30(40)38(2)18-24-5-4-16-42-24/h4-17,27-28H,3,18H2,1-2H3. The molecular weight excluding hydrogens is 590 g/mol. The van der Waals surface area contributed by atoms with Gasteiger partial charge in [-0.1, -0.05) is 47.5 Å². The number of hydrogen-bond donors (Lipinski definition) is 0. The van der Waals surface area contributed by atoms with E-state index < -0.39 is 29.9 Å². The van der Waals surface area contributed by atoms with Crippen molar-refractivity contribution in [3.05, 3.63) is 123 Å². The highest BCUT2D eigenvalue weighted by Crippen LogP contribution is 2.46. The number of halogens is 5.